The van der Waals surface area contributed by atoms with Crippen molar-refractivity contribution in [2.24, 2.45) is 4.99 Å². The van der Waals surface area contributed by atoms with Gasteiger partial charge in [0.15, 0.2) is 5.96 Å². The van der Waals surface area contributed by atoms with E-state index in [0.717, 1.165) is 36.6 Å². The van der Waals surface area contributed by atoms with Crippen molar-refractivity contribution in [2.75, 3.05) is 46.9 Å². The second kappa shape index (κ2) is 9.77. The Morgan fingerprint density at radius 3 is 2.48 bits per heavy atom. The van der Waals surface area contributed by atoms with E-state index in [2.05, 4.69) is 72.0 Å². The summed E-state index contributed by atoms with van der Waals surface area (Å²) >= 11 is 3.49. The molecule has 0 spiro atoms. The maximum atomic E-state index is 11.2. The van der Waals surface area contributed by atoms with Crippen molar-refractivity contribution in [3.05, 3.63) is 34.3 Å². The van der Waals surface area contributed by atoms with E-state index in [1.165, 1.54) is 12.7 Å². The normalized spacial score (nSPS) is 17.3. The fourth-order valence-electron chi connectivity index (χ4n) is 2.98. The van der Waals surface area contributed by atoms with E-state index in [-0.39, 0.29) is 5.97 Å². The van der Waals surface area contributed by atoms with Crippen LogP contribution in [0, 0.1) is 0 Å². The summed E-state index contributed by atoms with van der Waals surface area (Å²) in [5.74, 6) is 0.635. The predicted octanol–water partition coefficient (Wildman–Crippen LogP) is 2.27. The van der Waals surface area contributed by atoms with Crippen LogP contribution >= 0.6 is 15.9 Å². The smallest absolute Gasteiger partial charge is 0.307 e. The van der Waals surface area contributed by atoms with Crippen LogP contribution in [0.25, 0.3) is 0 Å². The van der Waals surface area contributed by atoms with Crippen LogP contribution in [-0.2, 0) is 9.53 Å². The highest BCUT2D eigenvalue weighted by molar-refractivity contribution is 9.10. The van der Waals surface area contributed by atoms with E-state index in [0.29, 0.717) is 19.0 Å². The molecule has 1 aliphatic rings. The highest BCUT2D eigenvalue weighted by Gasteiger charge is 2.23. The first-order valence-corrected chi connectivity index (χ1v) is 9.36. The van der Waals surface area contributed by atoms with Crippen LogP contribution in [0.3, 0.4) is 0 Å². The van der Waals surface area contributed by atoms with E-state index < -0.39 is 0 Å². The maximum absolute atomic E-state index is 11.2. The molecule has 0 amide bonds. The van der Waals surface area contributed by atoms with Crippen LogP contribution in [0.2, 0.25) is 0 Å². The Morgan fingerprint density at radius 1 is 1.28 bits per heavy atom. The molecular formula is C18H27BrN4O2. The molecule has 1 aromatic carbocycles. The molecule has 25 heavy (non-hydrogen) atoms. The van der Waals surface area contributed by atoms with Gasteiger partial charge in [-0.15, -0.1) is 0 Å². The number of halogens is 1. The van der Waals surface area contributed by atoms with Gasteiger partial charge in [0.1, 0.15) is 0 Å². The molecule has 1 fully saturated rings. The molecule has 1 heterocycles. The number of hydrogen-bond acceptors (Lipinski definition) is 4. The van der Waals surface area contributed by atoms with E-state index in [1.54, 1.807) is 7.05 Å². The number of piperazine rings is 1. The number of esters is 1. The number of aliphatic imine (C=N–C) groups is 1. The number of nitrogens with zero attached hydrogens (tertiary/aromatic N) is 3. The Bertz CT molecular complexity index is 583. The number of carbonyl (C=O) groups excluding carboxylic acids is 1. The first kappa shape index (κ1) is 19.7. The number of carbonyl (C=O) groups is 1. The van der Waals surface area contributed by atoms with Crippen LogP contribution in [-0.4, -0.2) is 68.6 Å². The number of rotatable bonds is 5. The minimum absolute atomic E-state index is 0.212. The third kappa shape index (κ3) is 5.71. The largest absolute Gasteiger partial charge is 0.469 e. The number of nitrogens with one attached hydrogen (secondary N) is 1. The lowest BCUT2D eigenvalue weighted by Crippen LogP contribution is -2.53. The van der Waals surface area contributed by atoms with Crippen molar-refractivity contribution in [2.45, 2.75) is 19.4 Å². The molecule has 7 heteroatoms. The van der Waals surface area contributed by atoms with Crippen LogP contribution < -0.4 is 5.32 Å². The number of guanidine groups is 1. The highest BCUT2D eigenvalue weighted by Crippen LogP contribution is 2.23. The summed E-state index contributed by atoms with van der Waals surface area (Å²) in [5.41, 5.74) is 1.33. The van der Waals surface area contributed by atoms with Gasteiger partial charge in [0, 0.05) is 50.3 Å². The van der Waals surface area contributed by atoms with Gasteiger partial charge in [-0.3, -0.25) is 14.7 Å². The van der Waals surface area contributed by atoms with Crippen molar-refractivity contribution < 1.29 is 9.53 Å². The Morgan fingerprint density at radius 2 is 1.92 bits per heavy atom. The molecule has 2 rings (SSSR count). The SMILES string of the molecule is CN=C(NCCC(=O)OC)N1CCN(C(C)c2ccc(Br)cc2)CC1. The molecule has 0 saturated carbocycles. The molecule has 1 aromatic rings. The standard InChI is InChI=1S/C18H27BrN4O2/c1-14(15-4-6-16(19)7-5-15)22-10-12-23(13-11-22)18(20-2)21-9-8-17(24)25-3/h4-7,14H,8-13H2,1-3H3,(H,20,21). The Balaban J connectivity index is 1.83. The molecule has 1 saturated heterocycles. The lowest BCUT2D eigenvalue weighted by molar-refractivity contribution is -0.140. The molecule has 1 unspecified atom stereocenters. The zero-order chi connectivity index (χ0) is 18.2. The summed E-state index contributed by atoms with van der Waals surface area (Å²) in [6.45, 7) is 6.58. The molecule has 1 atom stereocenters. The van der Waals surface area contributed by atoms with Crippen molar-refractivity contribution in [1.29, 1.82) is 0 Å². The molecule has 138 valence electrons. The zero-order valence-electron chi connectivity index (χ0n) is 15.2. The first-order chi connectivity index (χ1) is 12.0. The number of ether oxygens (including phenoxy) is 1. The molecule has 1 aliphatic heterocycles. The minimum atomic E-state index is -0.212. The van der Waals surface area contributed by atoms with Gasteiger partial charge in [0.25, 0.3) is 0 Å². The quantitative estimate of drug-likeness (QED) is 0.458. The van der Waals surface area contributed by atoms with Gasteiger partial charge in [-0.25, -0.2) is 0 Å². The monoisotopic (exact) mass is 410 g/mol. The number of methoxy groups -OCH3 is 1. The van der Waals surface area contributed by atoms with Gasteiger partial charge in [0.05, 0.1) is 13.5 Å². The summed E-state index contributed by atoms with van der Waals surface area (Å²) in [5, 5.41) is 3.24. The summed E-state index contributed by atoms with van der Waals surface area (Å²) < 4.78 is 5.77. The van der Waals surface area contributed by atoms with E-state index in [1.807, 2.05) is 0 Å². The maximum Gasteiger partial charge on any atom is 0.307 e. The van der Waals surface area contributed by atoms with Crippen molar-refractivity contribution in [3.63, 3.8) is 0 Å². The average Bonchev–Trinajstić information content (AvgIpc) is 2.65. The summed E-state index contributed by atoms with van der Waals surface area (Å²) in [7, 11) is 3.18. The van der Waals surface area contributed by atoms with Crippen LogP contribution in [0.15, 0.2) is 33.7 Å². The van der Waals surface area contributed by atoms with Gasteiger partial charge >= 0.3 is 5.97 Å². The predicted molar refractivity (Wildman–Crippen MR) is 104 cm³/mol. The van der Waals surface area contributed by atoms with Gasteiger partial charge in [-0.2, -0.15) is 0 Å². The Kier molecular flexibility index (Phi) is 7.71. The molecule has 0 aliphatic carbocycles. The molecule has 1 N–H and O–H groups in total. The van der Waals surface area contributed by atoms with E-state index >= 15 is 0 Å². The summed E-state index contributed by atoms with van der Waals surface area (Å²) in [6, 6.07) is 8.93. The first-order valence-electron chi connectivity index (χ1n) is 8.57. The minimum Gasteiger partial charge on any atom is -0.469 e. The third-order valence-electron chi connectivity index (χ3n) is 4.57. The lowest BCUT2D eigenvalue weighted by Gasteiger charge is -2.39. The number of benzene rings is 1. The molecule has 0 bridgehead atoms. The highest BCUT2D eigenvalue weighted by atomic mass is 79.9. The van der Waals surface area contributed by atoms with Crippen molar-refractivity contribution in [1.82, 2.24) is 15.1 Å². The topological polar surface area (TPSA) is 57.2 Å². The van der Waals surface area contributed by atoms with E-state index in [4.69, 9.17) is 0 Å². The van der Waals surface area contributed by atoms with Crippen LogP contribution in [0.5, 0.6) is 0 Å². The fourth-order valence-corrected chi connectivity index (χ4v) is 3.25. The fraction of sp³-hybridized carbons (Fsp3) is 0.556. The summed E-state index contributed by atoms with van der Waals surface area (Å²) in [4.78, 5) is 20.3. The molecular weight excluding hydrogens is 384 g/mol. The van der Waals surface area contributed by atoms with E-state index in [9.17, 15) is 4.79 Å². The third-order valence-corrected chi connectivity index (χ3v) is 5.09. The van der Waals surface area contributed by atoms with Crippen LogP contribution in [0.1, 0.15) is 24.9 Å². The van der Waals surface area contributed by atoms with Crippen molar-refractivity contribution >= 4 is 27.9 Å². The van der Waals surface area contributed by atoms with Gasteiger partial charge < -0.3 is 15.0 Å². The van der Waals surface area contributed by atoms with Gasteiger partial charge in [0.2, 0.25) is 0 Å². The molecule has 0 aromatic heterocycles. The molecule has 0 radical (unpaired) electrons. The Labute approximate surface area is 158 Å². The average molecular weight is 411 g/mol. The number of hydrogen-bond donors (Lipinski definition) is 1. The zero-order valence-corrected chi connectivity index (χ0v) is 16.8. The second-order valence-electron chi connectivity index (χ2n) is 6.05. The van der Waals surface area contributed by atoms with Gasteiger partial charge in [-0.1, -0.05) is 28.1 Å². The van der Waals surface area contributed by atoms with Gasteiger partial charge in [-0.05, 0) is 24.6 Å². The lowest BCUT2D eigenvalue weighted by atomic mass is 10.1. The Hall–Kier alpha value is -1.60. The second-order valence-corrected chi connectivity index (χ2v) is 6.97. The van der Waals surface area contributed by atoms with Crippen molar-refractivity contribution in [3.8, 4) is 0 Å². The van der Waals surface area contributed by atoms with Crippen LogP contribution in [0.4, 0.5) is 0 Å². The molecule has 6 nitrogen and oxygen atoms in total. The summed E-state index contributed by atoms with van der Waals surface area (Å²) in [6.07, 6.45) is 0.343.